The van der Waals surface area contributed by atoms with Crippen molar-refractivity contribution >= 4 is 10.0 Å². The number of aryl methyl sites for hydroxylation is 2. The Morgan fingerprint density at radius 1 is 1.33 bits per heavy atom. The predicted octanol–water partition coefficient (Wildman–Crippen LogP) is 2.21. The third-order valence-corrected chi connectivity index (χ3v) is 6.21. The van der Waals surface area contributed by atoms with Crippen LogP contribution in [0.15, 0.2) is 17.0 Å². The maximum atomic E-state index is 13.4. The van der Waals surface area contributed by atoms with Gasteiger partial charge in [0, 0.05) is 19.1 Å². The van der Waals surface area contributed by atoms with Crippen LogP contribution in [0.4, 0.5) is 4.39 Å². The second-order valence-corrected chi connectivity index (χ2v) is 7.49. The molecule has 1 heterocycles. The molecule has 1 aromatic rings. The highest BCUT2D eigenvalue weighted by atomic mass is 32.2. The van der Waals surface area contributed by atoms with Crippen molar-refractivity contribution < 1.29 is 12.8 Å². The van der Waals surface area contributed by atoms with Crippen LogP contribution in [0.5, 0.6) is 0 Å². The quantitative estimate of drug-likeness (QED) is 0.906. The van der Waals surface area contributed by atoms with Gasteiger partial charge in [-0.15, -0.1) is 0 Å². The first-order chi connectivity index (χ1) is 9.86. The Morgan fingerprint density at radius 3 is 2.43 bits per heavy atom. The monoisotopic (exact) mass is 314 g/mol. The van der Waals surface area contributed by atoms with Crippen LogP contribution in [-0.4, -0.2) is 38.4 Å². The summed E-state index contributed by atoms with van der Waals surface area (Å²) < 4.78 is 40.6. The molecule has 1 fully saturated rings. The Kier molecular flexibility index (Phi) is 5.01. The molecule has 0 bridgehead atoms. The Labute approximate surface area is 126 Å². The number of likely N-dealkylation sites (N-methyl/N-ethyl adjacent to an activating group) is 1. The van der Waals surface area contributed by atoms with Crippen molar-refractivity contribution in [2.24, 2.45) is 0 Å². The van der Waals surface area contributed by atoms with Gasteiger partial charge in [0.05, 0.1) is 4.90 Å². The summed E-state index contributed by atoms with van der Waals surface area (Å²) in [6.07, 6.45) is 2.07. The highest BCUT2D eigenvalue weighted by Gasteiger charge is 2.29. The summed E-state index contributed by atoms with van der Waals surface area (Å²) in [5.74, 6) is -0.399. The topological polar surface area (TPSA) is 49.4 Å². The van der Waals surface area contributed by atoms with E-state index in [0.29, 0.717) is 24.2 Å². The molecule has 1 aliphatic heterocycles. The number of hydrogen-bond acceptors (Lipinski definition) is 3. The first kappa shape index (κ1) is 16.4. The second-order valence-electron chi connectivity index (χ2n) is 5.62. The third-order valence-electron chi connectivity index (χ3n) is 3.96. The number of rotatable bonds is 5. The molecular weight excluding hydrogens is 291 g/mol. The minimum absolute atomic E-state index is 0.209. The number of hydrogen-bond donors (Lipinski definition) is 1. The van der Waals surface area contributed by atoms with Crippen molar-refractivity contribution in [2.75, 3.05) is 19.6 Å². The van der Waals surface area contributed by atoms with E-state index in [2.05, 4.69) is 5.32 Å². The van der Waals surface area contributed by atoms with Crippen LogP contribution in [0, 0.1) is 19.7 Å². The van der Waals surface area contributed by atoms with Crippen molar-refractivity contribution in [3.63, 3.8) is 0 Å². The molecule has 0 aliphatic carbocycles. The summed E-state index contributed by atoms with van der Waals surface area (Å²) in [5.41, 5.74) is 0.927. The van der Waals surface area contributed by atoms with Crippen LogP contribution in [-0.2, 0) is 10.0 Å². The molecule has 1 unspecified atom stereocenters. The number of benzene rings is 1. The number of halogens is 1. The fourth-order valence-corrected chi connectivity index (χ4v) is 4.89. The molecule has 6 heteroatoms. The van der Waals surface area contributed by atoms with E-state index in [1.165, 1.54) is 16.4 Å². The van der Waals surface area contributed by atoms with Crippen molar-refractivity contribution in [1.82, 2.24) is 9.62 Å². The lowest BCUT2D eigenvalue weighted by atomic mass is 10.1. The van der Waals surface area contributed by atoms with Crippen LogP contribution in [0.3, 0.4) is 0 Å². The summed E-state index contributed by atoms with van der Waals surface area (Å²) in [6.45, 7) is 6.94. The molecule has 1 aliphatic rings. The van der Waals surface area contributed by atoms with Crippen LogP contribution in [0.25, 0.3) is 0 Å². The van der Waals surface area contributed by atoms with Crippen LogP contribution in [0.1, 0.15) is 30.9 Å². The molecule has 0 aromatic heterocycles. The highest BCUT2D eigenvalue weighted by molar-refractivity contribution is 7.89. The fourth-order valence-electron chi connectivity index (χ4n) is 2.99. The number of sulfonamides is 1. The van der Waals surface area contributed by atoms with Gasteiger partial charge in [-0.2, -0.15) is 4.31 Å². The van der Waals surface area contributed by atoms with Crippen LogP contribution < -0.4 is 5.32 Å². The summed E-state index contributed by atoms with van der Waals surface area (Å²) in [6, 6.07) is 2.77. The lowest BCUT2D eigenvalue weighted by molar-refractivity contribution is 0.382. The van der Waals surface area contributed by atoms with Crippen molar-refractivity contribution in [3.8, 4) is 0 Å². The van der Waals surface area contributed by atoms with Crippen molar-refractivity contribution in [1.29, 1.82) is 0 Å². The van der Waals surface area contributed by atoms with Gasteiger partial charge in [0.2, 0.25) is 10.0 Å². The lowest BCUT2D eigenvalue weighted by Crippen LogP contribution is -2.41. The minimum atomic E-state index is -3.59. The van der Waals surface area contributed by atoms with Gasteiger partial charge in [-0.25, -0.2) is 12.8 Å². The molecule has 1 saturated heterocycles. The number of nitrogens with one attached hydrogen (secondary N) is 1. The van der Waals surface area contributed by atoms with E-state index in [1.54, 1.807) is 13.8 Å². The molecule has 0 saturated carbocycles. The molecule has 0 radical (unpaired) electrons. The molecule has 0 amide bonds. The minimum Gasteiger partial charge on any atom is -0.313 e. The zero-order chi connectivity index (χ0) is 15.6. The molecule has 118 valence electrons. The van der Waals surface area contributed by atoms with E-state index in [1.807, 2.05) is 6.92 Å². The molecule has 0 spiro atoms. The van der Waals surface area contributed by atoms with Gasteiger partial charge >= 0.3 is 0 Å². The van der Waals surface area contributed by atoms with E-state index in [0.717, 1.165) is 19.4 Å². The Morgan fingerprint density at radius 2 is 1.95 bits per heavy atom. The zero-order valence-electron chi connectivity index (χ0n) is 12.8. The predicted molar refractivity (Wildman–Crippen MR) is 81.3 cm³/mol. The largest absolute Gasteiger partial charge is 0.313 e. The summed E-state index contributed by atoms with van der Waals surface area (Å²) in [5, 5.41) is 3.32. The average Bonchev–Trinajstić information content (AvgIpc) is 2.86. The standard InChI is InChI=1S/C15H23FN2O2S/c1-4-18(10-14-6-5-7-17-14)21(19,20)15-11(2)8-13(16)9-12(15)3/h8-9,14,17H,4-7,10H2,1-3H3. The maximum Gasteiger partial charge on any atom is 0.243 e. The van der Waals surface area contributed by atoms with E-state index in [-0.39, 0.29) is 10.9 Å². The van der Waals surface area contributed by atoms with E-state index in [9.17, 15) is 12.8 Å². The summed E-state index contributed by atoms with van der Waals surface area (Å²) in [4.78, 5) is 0.240. The van der Waals surface area contributed by atoms with Gasteiger partial charge in [0.25, 0.3) is 0 Å². The molecule has 1 aromatic carbocycles. The molecule has 1 atom stereocenters. The lowest BCUT2D eigenvalue weighted by Gasteiger charge is -2.25. The van der Waals surface area contributed by atoms with Gasteiger partial charge in [-0.3, -0.25) is 0 Å². The molecule has 1 N–H and O–H groups in total. The van der Waals surface area contributed by atoms with Gasteiger partial charge in [0.1, 0.15) is 5.82 Å². The fraction of sp³-hybridized carbons (Fsp3) is 0.600. The van der Waals surface area contributed by atoms with Crippen LogP contribution in [0.2, 0.25) is 0 Å². The third kappa shape index (κ3) is 3.44. The Hall–Kier alpha value is -0.980. The van der Waals surface area contributed by atoms with E-state index >= 15 is 0 Å². The van der Waals surface area contributed by atoms with Gasteiger partial charge in [0.15, 0.2) is 0 Å². The molecule has 2 rings (SSSR count). The van der Waals surface area contributed by atoms with Crippen molar-refractivity contribution in [2.45, 2.75) is 44.6 Å². The summed E-state index contributed by atoms with van der Waals surface area (Å²) in [7, 11) is -3.59. The first-order valence-corrected chi connectivity index (χ1v) is 8.80. The number of nitrogens with zero attached hydrogens (tertiary/aromatic N) is 1. The average molecular weight is 314 g/mol. The smallest absolute Gasteiger partial charge is 0.243 e. The summed E-state index contributed by atoms with van der Waals surface area (Å²) >= 11 is 0. The first-order valence-electron chi connectivity index (χ1n) is 7.36. The Balaban J connectivity index is 2.35. The Bertz CT molecular complexity index is 587. The normalized spacial score (nSPS) is 19.4. The van der Waals surface area contributed by atoms with Crippen LogP contribution >= 0.6 is 0 Å². The maximum absolute atomic E-state index is 13.4. The van der Waals surface area contributed by atoms with E-state index in [4.69, 9.17) is 0 Å². The van der Waals surface area contributed by atoms with Gasteiger partial charge in [-0.1, -0.05) is 6.92 Å². The molecular formula is C15H23FN2O2S. The molecule has 21 heavy (non-hydrogen) atoms. The SMILES string of the molecule is CCN(CC1CCCN1)S(=O)(=O)c1c(C)cc(F)cc1C. The van der Waals surface area contributed by atoms with Gasteiger partial charge < -0.3 is 5.32 Å². The van der Waals surface area contributed by atoms with Crippen molar-refractivity contribution in [3.05, 3.63) is 29.1 Å². The molecule has 4 nitrogen and oxygen atoms in total. The highest BCUT2D eigenvalue weighted by Crippen LogP contribution is 2.25. The zero-order valence-corrected chi connectivity index (χ0v) is 13.6. The van der Waals surface area contributed by atoms with E-state index < -0.39 is 15.8 Å². The second kappa shape index (κ2) is 6.42. The van der Waals surface area contributed by atoms with Gasteiger partial charge in [-0.05, 0) is 56.5 Å².